The largest absolute Gasteiger partial charge is 0.481 e. The van der Waals surface area contributed by atoms with Gasteiger partial charge in [0.25, 0.3) is 0 Å². The standard InChI is InChI=1S/C15H15Cl2NO3/c16-12-3-1-2-9(13(12)17)10-6-11(10)14(19)18-5-4-8(7-18)15(20)21/h1-3,8,10-11H,4-7H2,(H,20,21). The van der Waals surface area contributed by atoms with E-state index in [4.69, 9.17) is 28.3 Å². The molecule has 3 rings (SSSR count). The summed E-state index contributed by atoms with van der Waals surface area (Å²) in [7, 11) is 0. The lowest BCUT2D eigenvalue weighted by Gasteiger charge is -2.16. The van der Waals surface area contributed by atoms with Crippen LogP contribution in [0.4, 0.5) is 0 Å². The third kappa shape index (κ3) is 2.74. The molecule has 1 amide bonds. The minimum absolute atomic E-state index is 0.0415. The predicted molar refractivity (Wildman–Crippen MR) is 79.6 cm³/mol. The van der Waals surface area contributed by atoms with Gasteiger partial charge in [-0.3, -0.25) is 9.59 Å². The molecule has 0 aromatic heterocycles. The van der Waals surface area contributed by atoms with Crippen LogP contribution in [0.2, 0.25) is 10.0 Å². The number of nitrogens with zero attached hydrogens (tertiary/aromatic N) is 1. The van der Waals surface area contributed by atoms with E-state index in [0.29, 0.717) is 29.6 Å². The molecule has 1 heterocycles. The molecule has 0 bridgehead atoms. The van der Waals surface area contributed by atoms with Crippen LogP contribution >= 0.6 is 23.2 Å². The molecule has 2 fully saturated rings. The molecule has 1 N–H and O–H groups in total. The van der Waals surface area contributed by atoms with Gasteiger partial charge in [-0.1, -0.05) is 35.3 Å². The predicted octanol–water partition coefficient (Wildman–Crippen LogP) is 3.03. The Labute approximate surface area is 132 Å². The molecule has 1 aromatic rings. The van der Waals surface area contributed by atoms with Crippen LogP contribution in [-0.2, 0) is 9.59 Å². The lowest BCUT2D eigenvalue weighted by atomic mass is 10.1. The Morgan fingerprint density at radius 2 is 2.05 bits per heavy atom. The summed E-state index contributed by atoms with van der Waals surface area (Å²) in [4.78, 5) is 25.0. The third-order valence-corrected chi connectivity index (χ3v) is 5.17. The van der Waals surface area contributed by atoms with E-state index < -0.39 is 11.9 Å². The summed E-state index contributed by atoms with van der Waals surface area (Å²) in [5.74, 6) is -1.20. The molecule has 1 aliphatic heterocycles. The van der Waals surface area contributed by atoms with Gasteiger partial charge in [-0.05, 0) is 30.4 Å². The second-order valence-corrected chi connectivity index (χ2v) is 6.48. The number of likely N-dealkylation sites (tertiary alicyclic amines) is 1. The molecule has 6 heteroatoms. The summed E-state index contributed by atoms with van der Waals surface area (Å²) in [6, 6.07) is 5.46. The normalized spacial score (nSPS) is 27.7. The number of carbonyl (C=O) groups is 2. The minimum atomic E-state index is -0.824. The molecular formula is C15H15Cl2NO3. The van der Waals surface area contributed by atoms with Gasteiger partial charge < -0.3 is 10.0 Å². The van der Waals surface area contributed by atoms with Crippen molar-refractivity contribution >= 4 is 35.1 Å². The van der Waals surface area contributed by atoms with Gasteiger partial charge in [0, 0.05) is 19.0 Å². The average Bonchev–Trinajstić information content (AvgIpc) is 3.07. The SMILES string of the molecule is O=C(O)C1CCN(C(=O)C2CC2c2cccc(Cl)c2Cl)C1. The summed E-state index contributed by atoms with van der Waals surface area (Å²) in [5.41, 5.74) is 0.913. The Bertz CT molecular complexity index is 605. The fourth-order valence-corrected chi connectivity index (χ4v) is 3.46. The minimum Gasteiger partial charge on any atom is -0.481 e. The highest BCUT2D eigenvalue weighted by Crippen LogP contribution is 2.51. The first-order valence-corrected chi connectivity index (χ1v) is 7.70. The molecule has 1 saturated carbocycles. The van der Waals surface area contributed by atoms with Crippen LogP contribution in [0.15, 0.2) is 18.2 Å². The zero-order valence-corrected chi connectivity index (χ0v) is 12.8. The van der Waals surface area contributed by atoms with Gasteiger partial charge in [0.1, 0.15) is 0 Å². The molecule has 0 radical (unpaired) electrons. The van der Waals surface area contributed by atoms with Crippen LogP contribution in [0, 0.1) is 11.8 Å². The molecule has 0 spiro atoms. The lowest BCUT2D eigenvalue weighted by Crippen LogP contribution is -2.31. The number of carboxylic acid groups (broad SMARTS) is 1. The molecule has 4 nitrogen and oxygen atoms in total. The maximum absolute atomic E-state index is 12.4. The summed E-state index contributed by atoms with van der Waals surface area (Å²) in [5, 5.41) is 10.0. The van der Waals surface area contributed by atoms with Crippen LogP contribution < -0.4 is 0 Å². The zero-order chi connectivity index (χ0) is 15.1. The van der Waals surface area contributed by atoms with E-state index in [0.717, 1.165) is 12.0 Å². The number of hydrogen-bond acceptors (Lipinski definition) is 2. The molecule has 21 heavy (non-hydrogen) atoms. The monoisotopic (exact) mass is 327 g/mol. The van der Waals surface area contributed by atoms with E-state index in [1.165, 1.54) is 0 Å². The summed E-state index contributed by atoms with van der Waals surface area (Å²) in [6.45, 7) is 0.850. The first-order chi connectivity index (χ1) is 9.99. The number of halogens is 2. The number of rotatable bonds is 3. The number of benzene rings is 1. The Morgan fingerprint density at radius 1 is 1.29 bits per heavy atom. The van der Waals surface area contributed by atoms with Crippen LogP contribution in [0.3, 0.4) is 0 Å². The summed E-state index contributed by atoms with van der Waals surface area (Å²) >= 11 is 12.2. The molecule has 1 saturated heterocycles. The quantitative estimate of drug-likeness (QED) is 0.928. The van der Waals surface area contributed by atoms with Gasteiger partial charge in [-0.25, -0.2) is 0 Å². The molecule has 1 aromatic carbocycles. The zero-order valence-electron chi connectivity index (χ0n) is 11.3. The first-order valence-electron chi connectivity index (χ1n) is 6.94. The Morgan fingerprint density at radius 3 is 2.71 bits per heavy atom. The molecule has 3 atom stereocenters. The Hall–Kier alpha value is -1.26. The Kier molecular flexibility index (Phi) is 3.84. The topological polar surface area (TPSA) is 57.6 Å². The fraction of sp³-hybridized carbons (Fsp3) is 0.467. The second kappa shape index (κ2) is 5.50. The van der Waals surface area contributed by atoms with E-state index in [9.17, 15) is 9.59 Å². The van der Waals surface area contributed by atoms with E-state index in [1.54, 1.807) is 11.0 Å². The van der Waals surface area contributed by atoms with Gasteiger partial charge in [0.15, 0.2) is 0 Å². The number of hydrogen-bond donors (Lipinski definition) is 1. The molecular weight excluding hydrogens is 313 g/mol. The van der Waals surface area contributed by atoms with E-state index in [-0.39, 0.29) is 17.7 Å². The maximum atomic E-state index is 12.4. The van der Waals surface area contributed by atoms with Gasteiger partial charge in [0.2, 0.25) is 5.91 Å². The van der Waals surface area contributed by atoms with Crippen LogP contribution in [0.1, 0.15) is 24.3 Å². The number of carbonyl (C=O) groups excluding carboxylic acids is 1. The van der Waals surface area contributed by atoms with E-state index in [2.05, 4.69) is 0 Å². The van der Waals surface area contributed by atoms with Gasteiger partial charge in [0.05, 0.1) is 16.0 Å². The van der Waals surface area contributed by atoms with Crippen molar-refractivity contribution in [2.45, 2.75) is 18.8 Å². The number of carboxylic acids is 1. The van der Waals surface area contributed by atoms with Crippen LogP contribution in [-0.4, -0.2) is 35.0 Å². The average molecular weight is 328 g/mol. The summed E-state index contributed by atoms with van der Waals surface area (Å²) < 4.78 is 0. The van der Waals surface area contributed by atoms with E-state index >= 15 is 0 Å². The van der Waals surface area contributed by atoms with Crippen molar-refractivity contribution < 1.29 is 14.7 Å². The van der Waals surface area contributed by atoms with Gasteiger partial charge in [-0.2, -0.15) is 0 Å². The summed E-state index contributed by atoms with van der Waals surface area (Å²) in [6.07, 6.45) is 1.30. The number of amides is 1. The van der Waals surface area contributed by atoms with E-state index in [1.807, 2.05) is 12.1 Å². The highest BCUT2D eigenvalue weighted by molar-refractivity contribution is 6.42. The number of aliphatic carboxylic acids is 1. The smallest absolute Gasteiger partial charge is 0.308 e. The van der Waals surface area contributed by atoms with Crippen molar-refractivity contribution in [1.29, 1.82) is 0 Å². The molecule has 1 aliphatic carbocycles. The van der Waals surface area contributed by atoms with Crippen molar-refractivity contribution in [3.63, 3.8) is 0 Å². The van der Waals surface area contributed by atoms with Crippen molar-refractivity contribution in [3.8, 4) is 0 Å². The lowest BCUT2D eigenvalue weighted by molar-refractivity contribution is -0.141. The molecule has 112 valence electrons. The molecule has 2 aliphatic rings. The highest BCUT2D eigenvalue weighted by atomic mass is 35.5. The van der Waals surface area contributed by atoms with Crippen molar-refractivity contribution in [1.82, 2.24) is 4.90 Å². The first kappa shape index (κ1) is 14.7. The maximum Gasteiger partial charge on any atom is 0.308 e. The van der Waals surface area contributed by atoms with Gasteiger partial charge in [-0.15, -0.1) is 0 Å². The van der Waals surface area contributed by atoms with Crippen molar-refractivity contribution in [2.24, 2.45) is 11.8 Å². The third-order valence-electron chi connectivity index (χ3n) is 4.34. The highest BCUT2D eigenvalue weighted by Gasteiger charge is 2.48. The van der Waals surface area contributed by atoms with Crippen LogP contribution in [0.5, 0.6) is 0 Å². The van der Waals surface area contributed by atoms with Crippen LogP contribution in [0.25, 0.3) is 0 Å². The molecule has 3 unspecified atom stereocenters. The van der Waals surface area contributed by atoms with Gasteiger partial charge >= 0.3 is 5.97 Å². The fourth-order valence-electron chi connectivity index (χ4n) is 3.02. The van der Waals surface area contributed by atoms with Crippen molar-refractivity contribution in [2.75, 3.05) is 13.1 Å². The second-order valence-electron chi connectivity index (χ2n) is 5.70. The van der Waals surface area contributed by atoms with Crippen molar-refractivity contribution in [3.05, 3.63) is 33.8 Å². The Balaban J connectivity index is 1.67.